The number of nitrogens with one attached hydrogen (secondary N) is 1. The Morgan fingerprint density at radius 2 is 1.95 bits per heavy atom. The lowest BCUT2D eigenvalue weighted by molar-refractivity contribution is 0.1000. The first-order chi connectivity index (χ1) is 10.1. The number of amides is 1. The van der Waals surface area contributed by atoms with Crippen molar-refractivity contribution in [2.75, 3.05) is 11.9 Å². The number of halogens is 1. The van der Waals surface area contributed by atoms with Gasteiger partial charge in [-0.05, 0) is 43.3 Å². The number of carbonyl (C=O) groups is 1. The van der Waals surface area contributed by atoms with E-state index in [1.165, 1.54) is 6.07 Å². The number of anilines is 1. The van der Waals surface area contributed by atoms with E-state index in [1.807, 2.05) is 31.2 Å². The summed E-state index contributed by atoms with van der Waals surface area (Å²) in [6, 6.07) is 11.6. The normalized spacial score (nSPS) is 10.2. The van der Waals surface area contributed by atoms with Crippen LogP contribution in [-0.4, -0.2) is 12.5 Å². The number of rotatable bonds is 6. The average Bonchev–Trinajstić information content (AvgIpc) is 2.47. The minimum atomic E-state index is -0.639. The van der Waals surface area contributed by atoms with Crippen LogP contribution < -0.4 is 15.8 Å². The van der Waals surface area contributed by atoms with Crippen molar-refractivity contribution < 1.29 is 13.9 Å². The predicted octanol–water partition coefficient (Wildman–Crippen LogP) is 2.94. The average molecular weight is 288 g/mol. The van der Waals surface area contributed by atoms with Crippen LogP contribution in [0.1, 0.15) is 22.8 Å². The molecule has 0 unspecified atom stereocenters. The molecule has 0 aliphatic carbocycles. The van der Waals surface area contributed by atoms with E-state index in [-0.39, 0.29) is 5.56 Å². The third-order valence-electron chi connectivity index (χ3n) is 2.99. The Hall–Kier alpha value is -2.56. The number of carbonyl (C=O) groups excluding carboxylic acids is 1. The second-order valence-corrected chi connectivity index (χ2v) is 4.48. The summed E-state index contributed by atoms with van der Waals surface area (Å²) in [4.78, 5) is 11.0. The van der Waals surface area contributed by atoms with Crippen LogP contribution in [0, 0.1) is 5.82 Å². The van der Waals surface area contributed by atoms with Gasteiger partial charge in [0.05, 0.1) is 6.61 Å². The highest BCUT2D eigenvalue weighted by Crippen LogP contribution is 2.17. The van der Waals surface area contributed by atoms with Gasteiger partial charge in [-0.2, -0.15) is 0 Å². The number of ether oxygens (including phenoxy) is 1. The van der Waals surface area contributed by atoms with Gasteiger partial charge >= 0.3 is 0 Å². The molecule has 0 spiro atoms. The summed E-state index contributed by atoms with van der Waals surface area (Å²) in [5.41, 5.74) is 6.59. The Bertz CT molecular complexity index is 627. The molecular formula is C16H17FN2O2. The van der Waals surface area contributed by atoms with Gasteiger partial charge in [0.15, 0.2) is 0 Å². The maximum atomic E-state index is 13.8. The Balaban J connectivity index is 2.01. The molecule has 5 heteroatoms. The standard InChI is InChI=1S/C16H17FN2O2/c1-2-21-14-7-5-13(6-8-14)19-10-12-4-3-11(16(18)20)9-15(12)17/h3-9,19H,2,10H2,1H3,(H2,18,20). The van der Waals surface area contributed by atoms with Crippen molar-refractivity contribution in [1.29, 1.82) is 0 Å². The summed E-state index contributed by atoms with van der Waals surface area (Å²) in [7, 11) is 0. The van der Waals surface area contributed by atoms with Crippen LogP contribution in [0.2, 0.25) is 0 Å². The summed E-state index contributed by atoms with van der Waals surface area (Å²) in [5, 5.41) is 3.11. The van der Waals surface area contributed by atoms with E-state index in [1.54, 1.807) is 6.07 Å². The monoisotopic (exact) mass is 288 g/mol. The number of benzene rings is 2. The van der Waals surface area contributed by atoms with Crippen LogP contribution in [-0.2, 0) is 6.54 Å². The minimum absolute atomic E-state index is 0.164. The molecule has 0 aliphatic heterocycles. The Morgan fingerprint density at radius 1 is 1.24 bits per heavy atom. The van der Waals surface area contributed by atoms with Crippen LogP contribution in [0.4, 0.5) is 10.1 Å². The molecule has 3 N–H and O–H groups in total. The molecule has 4 nitrogen and oxygen atoms in total. The van der Waals surface area contributed by atoms with E-state index in [2.05, 4.69) is 5.32 Å². The van der Waals surface area contributed by atoms with Crippen molar-refractivity contribution in [3.8, 4) is 5.75 Å². The molecule has 0 bridgehead atoms. The van der Waals surface area contributed by atoms with Gasteiger partial charge in [-0.3, -0.25) is 4.79 Å². The van der Waals surface area contributed by atoms with Crippen molar-refractivity contribution in [3.05, 3.63) is 59.4 Å². The highest BCUT2D eigenvalue weighted by molar-refractivity contribution is 5.92. The van der Waals surface area contributed by atoms with Crippen LogP contribution in [0.15, 0.2) is 42.5 Å². The van der Waals surface area contributed by atoms with Crippen LogP contribution >= 0.6 is 0 Å². The third-order valence-corrected chi connectivity index (χ3v) is 2.99. The zero-order chi connectivity index (χ0) is 15.2. The minimum Gasteiger partial charge on any atom is -0.494 e. The SMILES string of the molecule is CCOc1ccc(NCc2ccc(C(N)=O)cc2F)cc1. The van der Waals surface area contributed by atoms with Gasteiger partial charge in [0.25, 0.3) is 0 Å². The van der Waals surface area contributed by atoms with Gasteiger partial charge in [-0.15, -0.1) is 0 Å². The molecule has 21 heavy (non-hydrogen) atoms. The fourth-order valence-electron chi connectivity index (χ4n) is 1.88. The first-order valence-corrected chi connectivity index (χ1v) is 6.65. The highest BCUT2D eigenvalue weighted by Gasteiger charge is 2.07. The Labute approximate surface area is 122 Å². The number of primary amides is 1. The molecular weight excluding hydrogens is 271 g/mol. The molecule has 110 valence electrons. The number of hydrogen-bond donors (Lipinski definition) is 2. The van der Waals surface area contributed by atoms with Crippen molar-refractivity contribution in [3.63, 3.8) is 0 Å². The van der Waals surface area contributed by atoms with E-state index in [0.717, 1.165) is 17.5 Å². The van der Waals surface area contributed by atoms with Gasteiger partial charge in [-0.1, -0.05) is 6.07 Å². The molecule has 0 atom stereocenters. The molecule has 0 heterocycles. The van der Waals surface area contributed by atoms with Gasteiger partial charge in [-0.25, -0.2) is 4.39 Å². The van der Waals surface area contributed by atoms with Gasteiger partial charge in [0.2, 0.25) is 5.91 Å². The van der Waals surface area contributed by atoms with E-state index < -0.39 is 11.7 Å². The first-order valence-electron chi connectivity index (χ1n) is 6.65. The fourth-order valence-corrected chi connectivity index (χ4v) is 1.88. The smallest absolute Gasteiger partial charge is 0.248 e. The van der Waals surface area contributed by atoms with E-state index in [4.69, 9.17) is 10.5 Å². The lowest BCUT2D eigenvalue weighted by Crippen LogP contribution is -2.12. The van der Waals surface area contributed by atoms with E-state index in [0.29, 0.717) is 18.7 Å². The van der Waals surface area contributed by atoms with Gasteiger partial charge < -0.3 is 15.8 Å². The Kier molecular flexibility index (Phi) is 4.77. The molecule has 0 fully saturated rings. The highest BCUT2D eigenvalue weighted by atomic mass is 19.1. The number of nitrogens with two attached hydrogens (primary N) is 1. The lowest BCUT2D eigenvalue weighted by Gasteiger charge is -2.09. The van der Waals surface area contributed by atoms with E-state index >= 15 is 0 Å². The Morgan fingerprint density at radius 3 is 2.52 bits per heavy atom. The number of hydrogen-bond acceptors (Lipinski definition) is 3. The summed E-state index contributed by atoms with van der Waals surface area (Å²) in [6.07, 6.45) is 0. The quantitative estimate of drug-likeness (QED) is 0.859. The first kappa shape index (κ1) is 14.8. The molecule has 0 aromatic heterocycles. The zero-order valence-corrected chi connectivity index (χ0v) is 11.7. The molecule has 1 amide bonds. The van der Waals surface area contributed by atoms with Crippen molar-refractivity contribution in [2.45, 2.75) is 13.5 Å². The van der Waals surface area contributed by atoms with Crippen molar-refractivity contribution in [1.82, 2.24) is 0 Å². The lowest BCUT2D eigenvalue weighted by atomic mass is 10.1. The summed E-state index contributed by atoms with van der Waals surface area (Å²) >= 11 is 0. The second kappa shape index (κ2) is 6.74. The van der Waals surface area contributed by atoms with Gasteiger partial charge in [0, 0.05) is 23.4 Å². The molecule has 2 rings (SSSR count). The van der Waals surface area contributed by atoms with Crippen LogP contribution in [0.25, 0.3) is 0 Å². The molecule has 0 radical (unpaired) electrons. The molecule has 0 saturated carbocycles. The van der Waals surface area contributed by atoms with Crippen LogP contribution in [0.5, 0.6) is 5.75 Å². The van der Waals surface area contributed by atoms with Crippen molar-refractivity contribution in [2.24, 2.45) is 5.73 Å². The summed E-state index contributed by atoms with van der Waals surface area (Å²) < 4.78 is 19.2. The zero-order valence-electron chi connectivity index (χ0n) is 11.7. The molecule has 2 aromatic rings. The maximum Gasteiger partial charge on any atom is 0.248 e. The molecule has 2 aromatic carbocycles. The van der Waals surface area contributed by atoms with Gasteiger partial charge in [0.1, 0.15) is 11.6 Å². The van der Waals surface area contributed by atoms with E-state index in [9.17, 15) is 9.18 Å². The summed E-state index contributed by atoms with van der Waals surface area (Å²) in [6.45, 7) is 2.85. The van der Waals surface area contributed by atoms with Crippen LogP contribution in [0.3, 0.4) is 0 Å². The van der Waals surface area contributed by atoms with Crippen molar-refractivity contribution >= 4 is 11.6 Å². The third kappa shape index (κ3) is 3.95. The topological polar surface area (TPSA) is 64.3 Å². The molecule has 0 saturated heterocycles. The predicted molar refractivity (Wildman–Crippen MR) is 79.9 cm³/mol. The fraction of sp³-hybridized carbons (Fsp3) is 0.188. The largest absolute Gasteiger partial charge is 0.494 e. The molecule has 0 aliphatic rings. The maximum absolute atomic E-state index is 13.8. The summed E-state index contributed by atoms with van der Waals surface area (Å²) in [5.74, 6) is -0.301. The second-order valence-electron chi connectivity index (χ2n) is 4.48.